The van der Waals surface area contributed by atoms with Crippen LogP contribution in [0, 0.1) is 0 Å². The Morgan fingerprint density at radius 2 is 2.15 bits per heavy atom. The van der Waals surface area contributed by atoms with Crippen LogP contribution in [0.1, 0.15) is 0 Å². The van der Waals surface area contributed by atoms with Gasteiger partial charge in [0.2, 0.25) is 5.95 Å². The van der Waals surface area contributed by atoms with E-state index in [4.69, 9.17) is 11.6 Å². The molecule has 0 fully saturated rings. The molecule has 0 aliphatic carbocycles. The van der Waals surface area contributed by atoms with Crippen molar-refractivity contribution in [2.75, 3.05) is 5.32 Å². The zero-order valence-electron chi connectivity index (χ0n) is 10.8. The third-order valence-electron chi connectivity index (χ3n) is 2.82. The van der Waals surface area contributed by atoms with E-state index >= 15 is 0 Å². The van der Waals surface area contributed by atoms with Gasteiger partial charge in [0.15, 0.2) is 0 Å². The fraction of sp³-hybridized carbons (Fsp3) is 0.0714. The number of benzene rings is 1. The minimum Gasteiger partial charge on any atom is -0.332 e. The minimum absolute atomic E-state index is 0.519. The molecule has 0 saturated heterocycles. The zero-order valence-corrected chi connectivity index (χ0v) is 11.5. The fourth-order valence-electron chi connectivity index (χ4n) is 1.86. The first-order valence-corrected chi connectivity index (χ1v) is 6.42. The molecule has 0 saturated carbocycles. The largest absolute Gasteiger partial charge is 0.332 e. The predicted molar refractivity (Wildman–Crippen MR) is 79.0 cm³/mol. The third kappa shape index (κ3) is 2.62. The number of nitrogens with zero attached hydrogens (tertiary/aromatic N) is 4. The molecule has 20 heavy (non-hydrogen) atoms. The van der Waals surface area contributed by atoms with E-state index in [1.165, 1.54) is 0 Å². The molecular weight excluding hydrogens is 274 g/mol. The van der Waals surface area contributed by atoms with Gasteiger partial charge in [-0.3, -0.25) is 0 Å². The lowest BCUT2D eigenvalue weighted by Crippen LogP contribution is -1.99. The van der Waals surface area contributed by atoms with Crippen LogP contribution in [0.2, 0.25) is 5.02 Å². The van der Waals surface area contributed by atoms with E-state index in [2.05, 4.69) is 20.3 Å². The molecule has 100 valence electrons. The van der Waals surface area contributed by atoms with E-state index in [-0.39, 0.29) is 0 Å². The van der Waals surface area contributed by atoms with E-state index in [0.29, 0.717) is 11.0 Å². The van der Waals surface area contributed by atoms with Gasteiger partial charge in [-0.2, -0.15) is 0 Å². The van der Waals surface area contributed by atoms with Crippen molar-refractivity contribution in [2.24, 2.45) is 7.05 Å². The molecule has 0 radical (unpaired) electrons. The Bertz CT molecular complexity index is 738. The molecule has 3 aromatic rings. The molecule has 5 nitrogen and oxygen atoms in total. The van der Waals surface area contributed by atoms with Crippen molar-refractivity contribution in [1.82, 2.24) is 19.5 Å². The van der Waals surface area contributed by atoms with Gasteiger partial charge in [0, 0.05) is 24.0 Å². The van der Waals surface area contributed by atoms with Crippen LogP contribution < -0.4 is 5.32 Å². The van der Waals surface area contributed by atoms with Gasteiger partial charge in [-0.05, 0) is 24.3 Å². The maximum atomic E-state index is 5.95. The molecule has 6 heteroatoms. The summed E-state index contributed by atoms with van der Waals surface area (Å²) < 4.78 is 1.91. The molecule has 1 N–H and O–H groups in total. The monoisotopic (exact) mass is 285 g/mol. The molecule has 0 amide bonds. The normalized spacial score (nSPS) is 10.5. The molecule has 2 aromatic heterocycles. The van der Waals surface area contributed by atoms with Crippen LogP contribution in [0.4, 0.5) is 11.6 Å². The van der Waals surface area contributed by atoms with Gasteiger partial charge in [0.05, 0.1) is 23.9 Å². The summed E-state index contributed by atoms with van der Waals surface area (Å²) in [7, 11) is 1.93. The van der Waals surface area contributed by atoms with Crippen LogP contribution >= 0.6 is 11.6 Å². The number of hydrogen-bond donors (Lipinski definition) is 1. The summed E-state index contributed by atoms with van der Waals surface area (Å²) in [6.07, 6.45) is 5.22. The van der Waals surface area contributed by atoms with Gasteiger partial charge < -0.3 is 9.88 Å². The molecular formula is C14H12ClN5. The van der Waals surface area contributed by atoms with Crippen molar-refractivity contribution >= 4 is 23.2 Å². The molecule has 0 bridgehead atoms. The lowest BCUT2D eigenvalue weighted by atomic mass is 10.3. The van der Waals surface area contributed by atoms with Gasteiger partial charge >= 0.3 is 0 Å². The minimum atomic E-state index is 0.519. The van der Waals surface area contributed by atoms with Crippen molar-refractivity contribution in [3.63, 3.8) is 0 Å². The summed E-state index contributed by atoms with van der Waals surface area (Å²) >= 11 is 5.95. The average molecular weight is 286 g/mol. The van der Waals surface area contributed by atoms with Crippen LogP contribution in [0.25, 0.3) is 11.4 Å². The topological polar surface area (TPSA) is 55.6 Å². The predicted octanol–water partition coefficient (Wildman–Crippen LogP) is 3.27. The van der Waals surface area contributed by atoms with E-state index in [0.717, 1.165) is 17.1 Å². The van der Waals surface area contributed by atoms with E-state index < -0.39 is 0 Å². The second-order valence-electron chi connectivity index (χ2n) is 4.29. The number of nitrogens with one attached hydrogen (secondary N) is 1. The van der Waals surface area contributed by atoms with Gasteiger partial charge in [-0.25, -0.2) is 15.0 Å². The molecule has 0 spiro atoms. The molecule has 3 rings (SSSR count). The van der Waals surface area contributed by atoms with E-state index in [1.807, 2.05) is 41.9 Å². The number of aryl methyl sites for hydroxylation is 1. The zero-order chi connectivity index (χ0) is 13.9. The first kappa shape index (κ1) is 12.6. The lowest BCUT2D eigenvalue weighted by Gasteiger charge is -2.07. The van der Waals surface area contributed by atoms with Crippen LogP contribution in [-0.4, -0.2) is 19.5 Å². The van der Waals surface area contributed by atoms with Crippen LogP contribution in [0.15, 0.2) is 49.1 Å². The molecule has 1 aromatic carbocycles. The number of hydrogen-bond acceptors (Lipinski definition) is 4. The smallest absolute Gasteiger partial charge is 0.227 e. The number of imidazole rings is 1. The Balaban J connectivity index is 1.90. The number of aromatic nitrogens is 4. The summed E-state index contributed by atoms with van der Waals surface area (Å²) in [5, 5.41) is 3.79. The van der Waals surface area contributed by atoms with Gasteiger partial charge in [0.1, 0.15) is 0 Å². The van der Waals surface area contributed by atoms with E-state index in [1.54, 1.807) is 18.7 Å². The summed E-state index contributed by atoms with van der Waals surface area (Å²) in [5.41, 5.74) is 2.59. The van der Waals surface area contributed by atoms with Crippen LogP contribution in [-0.2, 0) is 7.05 Å². The summed E-state index contributed by atoms with van der Waals surface area (Å²) in [5.74, 6) is 0.519. The highest BCUT2D eigenvalue weighted by molar-refractivity contribution is 6.30. The average Bonchev–Trinajstić information content (AvgIpc) is 2.85. The van der Waals surface area contributed by atoms with Gasteiger partial charge in [0.25, 0.3) is 0 Å². The summed E-state index contributed by atoms with van der Waals surface area (Å²) in [4.78, 5) is 12.8. The van der Waals surface area contributed by atoms with Crippen molar-refractivity contribution in [3.05, 3.63) is 54.1 Å². The van der Waals surface area contributed by atoms with Gasteiger partial charge in [-0.15, -0.1) is 0 Å². The Morgan fingerprint density at radius 3 is 2.90 bits per heavy atom. The van der Waals surface area contributed by atoms with Crippen molar-refractivity contribution in [2.45, 2.75) is 0 Å². The van der Waals surface area contributed by atoms with Gasteiger partial charge in [-0.1, -0.05) is 17.7 Å². The third-order valence-corrected chi connectivity index (χ3v) is 3.05. The maximum absolute atomic E-state index is 5.95. The first-order valence-electron chi connectivity index (χ1n) is 6.05. The summed E-state index contributed by atoms with van der Waals surface area (Å²) in [6, 6.07) is 9.27. The molecule has 0 aliphatic heterocycles. The highest BCUT2D eigenvalue weighted by Gasteiger charge is 2.06. The SMILES string of the molecule is Cn1cncc1-c1ccnc(Nc2cccc(Cl)c2)n1. The molecule has 2 heterocycles. The van der Waals surface area contributed by atoms with Crippen molar-refractivity contribution < 1.29 is 0 Å². The quantitative estimate of drug-likeness (QED) is 0.802. The Labute approximate surface area is 121 Å². The molecule has 0 atom stereocenters. The number of anilines is 2. The second-order valence-corrected chi connectivity index (χ2v) is 4.73. The Kier molecular flexibility index (Phi) is 3.35. The highest BCUT2D eigenvalue weighted by Crippen LogP contribution is 2.20. The number of rotatable bonds is 3. The van der Waals surface area contributed by atoms with Crippen molar-refractivity contribution in [3.8, 4) is 11.4 Å². The Hall–Kier alpha value is -2.40. The number of halogens is 1. The molecule has 0 unspecified atom stereocenters. The highest BCUT2D eigenvalue weighted by atomic mass is 35.5. The van der Waals surface area contributed by atoms with Crippen molar-refractivity contribution in [1.29, 1.82) is 0 Å². The second kappa shape index (κ2) is 5.30. The summed E-state index contributed by atoms with van der Waals surface area (Å²) in [6.45, 7) is 0. The van der Waals surface area contributed by atoms with Crippen LogP contribution in [0.3, 0.4) is 0 Å². The Morgan fingerprint density at radius 1 is 1.25 bits per heavy atom. The van der Waals surface area contributed by atoms with Crippen LogP contribution in [0.5, 0.6) is 0 Å². The lowest BCUT2D eigenvalue weighted by molar-refractivity contribution is 0.915. The first-order chi connectivity index (χ1) is 9.72. The molecule has 0 aliphatic rings. The maximum Gasteiger partial charge on any atom is 0.227 e. The standard InChI is InChI=1S/C14H12ClN5/c1-20-9-16-8-13(20)12-5-6-17-14(19-12)18-11-4-2-3-10(15)7-11/h2-9H,1H3,(H,17,18,19). The van der Waals surface area contributed by atoms with E-state index in [9.17, 15) is 0 Å². The fourth-order valence-corrected chi connectivity index (χ4v) is 2.05.